The molecule has 0 spiro atoms. The molecule has 0 bridgehead atoms. The van der Waals surface area contributed by atoms with Gasteiger partial charge in [0.15, 0.2) is 0 Å². The first-order valence-electron chi connectivity index (χ1n) is 10.5. The van der Waals surface area contributed by atoms with Crippen molar-refractivity contribution in [1.29, 1.82) is 0 Å². The fourth-order valence-electron chi connectivity index (χ4n) is 3.10. The summed E-state index contributed by atoms with van der Waals surface area (Å²) < 4.78 is 5.70. The summed E-state index contributed by atoms with van der Waals surface area (Å²) in [5.74, 6) is 0.594. The Balaban J connectivity index is 2.04. The normalized spacial score (nSPS) is 12.2. The number of nitrogens with one attached hydrogen (secondary N) is 1. The minimum Gasteiger partial charge on any atom is -0.494 e. The molecule has 0 aliphatic rings. The summed E-state index contributed by atoms with van der Waals surface area (Å²) in [6, 6.07) is 16.9. The summed E-state index contributed by atoms with van der Waals surface area (Å²) in [6.07, 6.45) is 0.914. The zero-order valence-electron chi connectivity index (χ0n) is 18.8. The van der Waals surface area contributed by atoms with Gasteiger partial charge in [0.1, 0.15) is 11.8 Å². The third-order valence-electron chi connectivity index (χ3n) is 4.81. The van der Waals surface area contributed by atoms with Crippen LogP contribution in [0.25, 0.3) is 0 Å². The molecule has 5 heteroatoms. The van der Waals surface area contributed by atoms with Crippen molar-refractivity contribution >= 4 is 11.8 Å². The number of aryl methyl sites for hydroxylation is 1. The highest BCUT2D eigenvalue weighted by Crippen LogP contribution is 2.16. The van der Waals surface area contributed by atoms with Crippen molar-refractivity contribution in [3.05, 3.63) is 65.7 Å². The van der Waals surface area contributed by atoms with E-state index in [0.717, 1.165) is 16.9 Å². The smallest absolute Gasteiger partial charge is 0.242 e. The van der Waals surface area contributed by atoms with Crippen LogP contribution in [0.2, 0.25) is 0 Å². The maximum absolute atomic E-state index is 13.1. The van der Waals surface area contributed by atoms with Gasteiger partial charge in [0.2, 0.25) is 11.8 Å². The maximum Gasteiger partial charge on any atom is 0.242 e. The van der Waals surface area contributed by atoms with Crippen LogP contribution in [0, 0.1) is 6.92 Å². The van der Waals surface area contributed by atoms with Crippen LogP contribution in [0.3, 0.4) is 0 Å². The molecule has 0 radical (unpaired) electrons. The Bertz CT molecular complexity index is 828. The quantitative estimate of drug-likeness (QED) is 0.620. The number of para-hydroxylation sites is 1. The molecular formula is C25H34N2O3. The Kier molecular flexibility index (Phi) is 8.46. The molecule has 0 heterocycles. The number of carbonyl (C=O) groups excluding carboxylic acids is 2. The average molecular weight is 411 g/mol. The summed E-state index contributed by atoms with van der Waals surface area (Å²) in [7, 11) is 0. The Morgan fingerprint density at radius 3 is 2.30 bits per heavy atom. The first-order chi connectivity index (χ1) is 14.2. The van der Waals surface area contributed by atoms with Crippen LogP contribution in [-0.2, 0) is 16.1 Å². The zero-order chi connectivity index (χ0) is 22.1. The van der Waals surface area contributed by atoms with Crippen molar-refractivity contribution < 1.29 is 14.3 Å². The molecule has 0 aliphatic carbocycles. The van der Waals surface area contributed by atoms with Crippen molar-refractivity contribution in [2.24, 2.45) is 0 Å². The fraction of sp³-hybridized carbons (Fsp3) is 0.440. The third-order valence-corrected chi connectivity index (χ3v) is 4.81. The van der Waals surface area contributed by atoms with E-state index in [1.807, 2.05) is 82.3 Å². The predicted molar refractivity (Wildman–Crippen MR) is 120 cm³/mol. The molecule has 2 aromatic rings. The minimum absolute atomic E-state index is 0.0496. The molecule has 2 rings (SSSR count). The first kappa shape index (κ1) is 23.5. The standard InChI is InChI=1S/C25H34N2O3/c1-19-12-9-10-13-21(19)18-27(20(2)24(29)26-25(3,4)5)23(28)16-11-17-30-22-14-7-6-8-15-22/h6-10,12-15,20H,11,16-18H2,1-5H3,(H,26,29). The van der Waals surface area contributed by atoms with Gasteiger partial charge in [-0.25, -0.2) is 0 Å². The van der Waals surface area contributed by atoms with Crippen molar-refractivity contribution in [2.45, 2.75) is 65.6 Å². The molecule has 5 nitrogen and oxygen atoms in total. The van der Waals surface area contributed by atoms with Crippen molar-refractivity contribution in [1.82, 2.24) is 10.2 Å². The number of ether oxygens (including phenoxy) is 1. The van der Waals surface area contributed by atoms with Crippen LogP contribution in [0.1, 0.15) is 51.7 Å². The van der Waals surface area contributed by atoms with E-state index < -0.39 is 6.04 Å². The van der Waals surface area contributed by atoms with E-state index in [4.69, 9.17) is 4.74 Å². The van der Waals surface area contributed by atoms with Gasteiger partial charge in [-0.3, -0.25) is 9.59 Å². The molecule has 1 unspecified atom stereocenters. The van der Waals surface area contributed by atoms with Crippen LogP contribution < -0.4 is 10.1 Å². The van der Waals surface area contributed by atoms with E-state index in [-0.39, 0.29) is 17.4 Å². The highest BCUT2D eigenvalue weighted by molar-refractivity contribution is 5.87. The lowest BCUT2D eigenvalue weighted by Gasteiger charge is -2.32. The lowest BCUT2D eigenvalue weighted by Crippen LogP contribution is -2.52. The zero-order valence-corrected chi connectivity index (χ0v) is 18.8. The molecule has 0 saturated heterocycles. The van der Waals surface area contributed by atoms with Gasteiger partial charge in [-0.1, -0.05) is 42.5 Å². The van der Waals surface area contributed by atoms with Crippen molar-refractivity contribution in [2.75, 3.05) is 6.61 Å². The van der Waals surface area contributed by atoms with Gasteiger partial charge in [0, 0.05) is 18.5 Å². The number of amides is 2. The van der Waals surface area contributed by atoms with Gasteiger partial charge in [0.05, 0.1) is 6.61 Å². The van der Waals surface area contributed by atoms with Gasteiger partial charge in [-0.05, 0) is 64.3 Å². The topological polar surface area (TPSA) is 58.6 Å². The SMILES string of the molecule is Cc1ccccc1CN(C(=O)CCCOc1ccccc1)C(C)C(=O)NC(C)(C)C. The first-order valence-corrected chi connectivity index (χ1v) is 10.5. The molecule has 30 heavy (non-hydrogen) atoms. The van der Waals surface area contributed by atoms with E-state index in [9.17, 15) is 9.59 Å². The Morgan fingerprint density at radius 1 is 1.03 bits per heavy atom. The van der Waals surface area contributed by atoms with Gasteiger partial charge in [-0.15, -0.1) is 0 Å². The van der Waals surface area contributed by atoms with Crippen molar-refractivity contribution in [3.8, 4) is 5.75 Å². The highest BCUT2D eigenvalue weighted by Gasteiger charge is 2.28. The monoisotopic (exact) mass is 410 g/mol. The second kappa shape index (κ2) is 10.8. The fourth-order valence-corrected chi connectivity index (χ4v) is 3.10. The summed E-state index contributed by atoms with van der Waals surface area (Å²) in [5, 5.41) is 2.99. The number of hydrogen-bond acceptors (Lipinski definition) is 3. The predicted octanol–water partition coefficient (Wildman–Crippen LogP) is 4.49. The minimum atomic E-state index is -0.564. The van der Waals surface area contributed by atoms with E-state index in [0.29, 0.717) is 26.0 Å². The van der Waals surface area contributed by atoms with Crippen LogP contribution in [0.5, 0.6) is 5.75 Å². The maximum atomic E-state index is 13.1. The number of hydrogen-bond donors (Lipinski definition) is 1. The molecule has 0 fully saturated rings. The van der Waals surface area contributed by atoms with Gasteiger partial charge >= 0.3 is 0 Å². The average Bonchev–Trinajstić information content (AvgIpc) is 2.69. The summed E-state index contributed by atoms with van der Waals surface area (Å²) >= 11 is 0. The molecule has 0 saturated carbocycles. The molecule has 2 aromatic carbocycles. The summed E-state index contributed by atoms with van der Waals surface area (Å²) in [6.45, 7) is 10.5. The molecule has 0 aromatic heterocycles. The number of carbonyl (C=O) groups is 2. The van der Waals surface area contributed by atoms with Gasteiger partial charge < -0.3 is 15.0 Å². The molecule has 1 atom stereocenters. The Hall–Kier alpha value is -2.82. The summed E-state index contributed by atoms with van der Waals surface area (Å²) in [4.78, 5) is 27.5. The Morgan fingerprint density at radius 2 is 1.67 bits per heavy atom. The van der Waals surface area contributed by atoms with E-state index >= 15 is 0 Å². The van der Waals surface area contributed by atoms with E-state index in [2.05, 4.69) is 5.32 Å². The van der Waals surface area contributed by atoms with Crippen LogP contribution in [0.4, 0.5) is 0 Å². The van der Waals surface area contributed by atoms with Crippen LogP contribution in [-0.4, -0.2) is 34.9 Å². The molecule has 162 valence electrons. The lowest BCUT2D eigenvalue weighted by molar-refractivity contribution is -0.141. The largest absolute Gasteiger partial charge is 0.494 e. The molecule has 0 aliphatic heterocycles. The Labute approximate surface area is 180 Å². The molecule has 1 N–H and O–H groups in total. The van der Waals surface area contributed by atoms with E-state index in [1.165, 1.54) is 0 Å². The third kappa shape index (κ3) is 7.54. The second-order valence-electron chi connectivity index (χ2n) is 8.63. The van der Waals surface area contributed by atoms with Crippen molar-refractivity contribution in [3.63, 3.8) is 0 Å². The lowest BCUT2D eigenvalue weighted by atomic mass is 10.1. The highest BCUT2D eigenvalue weighted by atomic mass is 16.5. The van der Waals surface area contributed by atoms with Gasteiger partial charge in [0.25, 0.3) is 0 Å². The van der Waals surface area contributed by atoms with Crippen LogP contribution in [0.15, 0.2) is 54.6 Å². The van der Waals surface area contributed by atoms with E-state index in [1.54, 1.807) is 11.8 Å². The van der Waals surface area contributed by atoms with Gasteiger partial charge in [-0.2, -0.15) is 0 Å². The molecule has 2 amide bonds. The number of nitrogens with zero attached hydrogens (tertiary/aromatic N) is 1. The summed E-state index contributed by atoms with van der Waals surface area (Å²) in [5.41, 5.74) is 1.79. The molecular weight excluding hydrogens is 376 g/mol. The second-order valence-corrected chi connectivity index (χ2v) is 8.63. The number of benzene rings is 2. The van der Waals surface area contributed by atoms with Crippen LogP contribution >= 0.6 is 0 Å². The number of rotatable bonds is 9.